The zero-order chi connectivity index (χ0) is 13.0. The second kappa shape index (κ2) is 6.01. The number of amides is 1. The van der Waals surface area contributed by atoms with Crippen LogP contribution in [0.15, 0.2) is 24.3 Å². The molecule has 0 unspecified atom stereocenters. The van der Waals surface area contributed by atoms with Crippen molar-refractivity contribution in [2.75, 3.05) is 13.1 Å². The maximum atomic E-state index is 12.2. The largest absolute Gasteiger partial charge is 0.342 e. The van der Waals surface area contributed by atoms with Gasteiger partial charge < -0.3 is 10.6 Å². The van der Waals surface area contributed by atoms with E-state index >= 15 is 0 Å². The number of carbonyl (C=O) groups is 1. The van der Waals surface area contributed by atoms with Crippen molar-refractivity contribution in [1.82, 2.24) is 4.90 Å². The van der Waals surface area contributed by atoms with Crippen LogP contribution in [0, 0.1) is 5.92 Å². The molecule has 2 rings (SSSR count). The fourth-order valence-electron chi connectivity index (χ4n) is 2.46. The van der Waals surface area contributed by atoms with Crippen LogP contribution in [0.2, 0.25) is 0 Å². The van der Waals surface area contributed by atoms with E-state index in [0.29, 0.717) is 13.0 Å². The first kappa shape index (κ1) is 13.1. The third kappa shape index (κ3) is 3.10. The molecule has 1 saturated heterocycles. The van der Waals surface area contributed by atoms with E-state index in [1.807, 2.05) is 29.2 Å². The van der Waals surface area contributed by atoms with Crippen molar-refractivity contribution in [3.63, 3.8) is 0 Å². The molecule has 0 saturated carbocycles. The predicted octanol–water partition coefficient (Wildman–Crippen LogP) is 1.95. The molecule has 1 heterocycles. The van der Waals surface area contributed by atoms with Gasteiger partial charge in [-0.25, -0.2) is 0 Å². The lowest BCUT2D eigenvalue weighted by atomic mass is 9.98. The lowest BCUT2D eigenvalue weighted by Crippen LogP contribution is -2.38. The van der Waals surface area contributed by atoms with E-state index in [9.17, 15) is 4.79 Å². The number of hydrogen-bond donors (Lipinski definition) is 1. The van der Waals surface area contributed by atoms with E-state index in [4.69, 9.17) is 5.73 Å². The van der Waals surface area contributed by atoms with E-state index in [-0.39, 0.29) is 5.91 Å². The third-order valence-electron chi connectivity index (χ3n) is 3.82. The second-order valence-corrected chi connectivity index (χ2v) is 5.21. The minimum Gasteiger partial charge on any atom is -0.342 e. The Hall–Kier alpha value is -1.35. The van der Waals surface area contributed by atoms with Gasteiger partial charge in [0.05, 0.1) is 6.42 Å². The summed E-state index contributed by atoms with van der Waals surface area (Å²) in [6, 6.07) is 7.95. The number of piperidine rings is 1. The molecule has 3 heteroatoms. The van der Waals surface area contributed by atoms with Crippen molar-refractivity contribution in [2.45, 2.75) is 32.7 Å². The van der Waals surface area contributed by atoms with Crippen LogP contribution >= 0.6 is 0 Å². The number of likely N-dealkylation sites (tertiary alicyclic amines) is 1. The van der Waals surface area contributed by atoms with Gasteiger partial charge in [-0.1, -0.05) is 31.2 Å². The topological polar surface area (TPSA) is 46.3 Å². The third-order valence-corrected chi connectivity index (χ3v) is 3.82. The average molecular weight is 246 g/mol. The van der Waals surface area contributed by atoms with Crippen molar-refractivity contribution in [2.24, 2.45) is 11.7 Å². The molecule has 0 aliphatic carbocycles. The lowest BCUT2D eigenvalue weighted by molar-refractivity contribution is -0.131. The molecule has 18 heavy (non-hydrogen) atoms. The van der Waals surface area contributed by atoms with Crippen molar-refractivity contribution in [3.8, 4) is 0 Å². The standard InChI is InChI=1S/C15H22N2O/c1-12-6-8-17(9-7-12)15(18)10-13-4-2-3-5-14(13)11-16/h2-5,12H,6-11,16H2,1H3. The van der Waals surface area contributed by atoms with Crippen LogP contribution in [-0.4, -0.2) is 23.9 Å². The zero-order valence-electron chi connectivity index (χ0n) is 11.1. The Bertz CT molecular complexity index is 409. The van der Waals surface area contributed by atoms with Gasteiger partial charge in [-0.15, -0.1) is 0 Å². The summed E-state index contributed by atoms with van der Waals surface area (Å²) in [5.74, 6) is 0.994. The first-order chi connectivity index (χ1) is 8.70. The van der Waals surface area contributed by atoms with Gasteiger partial charge in [0.25, 0.3) is 0 Å². The molecule has 3 nitrogen and oxygen atoms in total. The molecule has 1 aliphatic heterocycles. The highest BCUT2D eigenvalue weighted by molar-refractivity contribution is 5.79. The maximum Gasteiger partial charge on any atom is 0.227 e. The Balaban J connectivity index is 1.98. The van der Waals surface area contributed by atoms with Gasteiger partial charge >= 0.3 is 0 Å². The van der Waals surface area contributed by atoms with E-state index < -0.39 is 0 Å². The van der Waals surface area contributed by atoms with E-state index in [0.717, 1.165) is 43.0 Å². The lowest BCUT2D eigenvalue weighted by Gasteiger charge is -2.30. The molecule has 1 aromatic rings. The van der Waals surface area contributed by atoms with Crippen molar-refractivity contribution < 1.29 is 4.79 Å². The molecule has 1 aromatic carbocycles. The molecule has 0 radical (unpaired) electrons. The number of benzene rings is 1. The summed E-state index contributed by atoms with van der Waals surface area (Å²) in [5, 5.41) is 0. The van der Waals surface area contributed by atoms with Crippen LogP contribution in [0.1, 0.15) is 30.9 Å². The monoisotopic (exact) mass is 246 g/mol. The summed E-state index contributed by atoms with van der Waals surface area (Å²) in [4.78, 5) is 14.2. The molecule has 0 aromatic heterocycles. The number of carbonyl (C=O) groups excluding carboxylic acids is 1. The molecular formula is C15H22N2O. The molecular weight excluding hydrogens is 224 g/mol. The first-order valence-electron chi connectivity index (χ1n) is 6.75. The molecule has 98 valence electrons. The van der Waals surface area contributed by atoms with Gasteiger partial charge in [-0.2, -0.15) is 0 Å². The molecule has 1 aliphatic rings. The highest BCUT2D eigenvalue weighted by Gasteiger charge is 2.20. The summed E-state index contributed by atoms with van der Waals surface area (Å²) >= 11 is 0. The Morgan fingerprint density at radius 3 is 2.50 bits per heavy atom. The second-order valence-electron chi connectivity index (χ2n) is 5.21. The number of hydrogen-bond acceptors (Lipinski definition) is 2. The Morgan fingerprint density at radius 2 is 1.89 bits per heavy atom. The average Bonchev–Trinajstić information content (AvgIpc) is 2.40. The first-order valence-corrected chi connectivity index (χ1v) is 6.75. The number of nitrogens with two attached hydrogens (primary N) is 1. The molecule has 1 amide bonds. The Labute approximate surface area is 109 Å². The number of nitrogens with zero attached hydrogens (tertiary/aromatic N) is 1. The minimum absolute atomic E-state index is 0.239. The summed E-state index contributed by atoms with van der Waals surface area (Å²) in [6.45, 7) is 4.57. The van der Waals surface area contributed by atoms with Crippen LogP contribution in [0.3, 0.4) is 0 Å². The van der Waals surface area contributed by atoms with E-state index in [1.165, 1.54) is 0 Å². The molecule has 0 spiro atoms. The van der Waals surface area contributed by atoms with Crippen LogP contribution < -0.4 is 5.73 Å². The molecule has 0 atom stereocenters. The van der Waals surface area contributed by atoms with Crippen LogP contribution in [0.5, 0.6) is 0 Å². The maximum absolute atomic E-state index is 12.2. The van der Waals surface area contributed by atoms with Gasteiger partial charge in [0.1, 0.15) is 0 Å². The van der Waals surface area contributed by atoms with Crippen LogP contribution in [0.4, 0.5) is 0 Å². The summed E-state index contributed by atoms with van der Waals surface area (Å²) in [6.07, 6.45) is 2.75. The number of rotatable bonds is 3. The molecule has 0 bridgehead atoms. The summed E-state index contributed by atoms with van der Waals surface area (Å²) < 4.78 is 0. The minimum atomic E-state index is 0.239. The molecule has 2 N–H and O–H groups in total. The van der Waals surface area contributed by atoms with Gasteiger partial charge in [0.2, 0.25) is 5.91 Å². The molecule has 1 fully saturated rings. The van der Waals surface area contributed by atoms with Crippen LogP contribution in [-0.2, 0) is 17.8 Å². The highest BCUT2D eigenvalue weighted by atomic mass is 16.2. The Kier molecular flexibility index (Phi) is 4.37. The van der Waals surface area contributed by atoms with Gasteiger partial charge in [0, 0.05) is 19.6 Å². The van der Waals surface area contributed by atoms with Gasteiger partial charge in [-0.3, -0.25) is 4.79 Å². The fourth-order valence-corrected chi connectivity index (χ4v) is 2.46. The van der Waals surface area contributed by atoms with Crippen molar-refractivity contribution >= 4 is 5.91 Å². The predicted molar refractivity (Wildman–Crippen MR) is 73.0 cm³/mol. The smallest absolute Gasteiger partial charge is 0.227 e. The summed E-state index contributed by atoms with van der Waals surface area (Å²) in [7, 11) is 0. The Morgan fingerprint density at radius 1 is 1.28 bits per heavy atom. The van der Waals surface area contributed by atoms with Gasteiger partial charge in [0.15, 0.2) is 0 Å². The van der Waals surface area contributed by atoms with E-state index in [1.54, 1.807) is 0 Å². The summed E-state index contributed by atoms with van der Waals surface area (Å²) in [5.41, 5.74) is 7.85. The normalized spacial score (nSPS) is 16.9. The van der Waals surface area contributed by atoms with Crippen LogP contribution in [0.25, 0.3) is 0 Å². The van der Waals surface area contributed by atoms with Crippen molar-refractivity contribution in [3.05, 3.63) is 35.4 Å². The fraction of sp³-hybridized carbons (Fsp3) is 0.533. The quantitative estimate of drug-likeness (QED) is 0.886. The zero-order valence-corrected chi connectivity index (χ0v) is 11.1. The van der Waals surface area contributed by atoms with Gasteiger partial charge in [-0.05, 0) is 29.9 Å². The van der Waals surface area contributed by atoms with Crippen molar-refractivity contribution in [1.29, 1.82) is 0 Å². The SMILES string of the molecule is CC1CCN(C(=O)Cc2ccccc2CN)CC1. The van der Waals surface area contributed by atoms with E-state index in [2.05, 4.69) is 6.92 Å². The highest BCUT2D eigenvalue weighted by Crippen LogP contribution is 2.17.